The second kappa shape index (κ2) is 4.10. The molecule has 90 valence electrons. The third-order valence-corrected chi connectivity index (χ3v) is 2.58. The maximum Gasteiger partial charge on any atom is 0.306 e. The SMILES string of the molecule is CC(C)(C)[C@@](O)(CC(=O)O)C[N+](C)(C)C. The highest BCUT2D eigenvalue weighted by atomic mass is 16.4. The van der Waals surface area contributed by atoms with E-state index in [1.165, 1.54) is 0 Å². The highest BCUT2D eigenvalue weighted by Gasteiger charge is 2.45. The Bertz CT molecular complexity index is 237. The summed E-state index contributed by atoms with van der Waals surface area (Å²) in [6.07, 6.45) is -0.216. The molecule has 0 bridgehead atoms. The van der Waals surface area contributed by atoms with Gasteiger partial charge in [0.2, 0.25) is 0 Å². The largest absolute Gasteiger partial charge is 0.481 e. The molecular weight excluding hydrogens is 194 g/mol. The lowest BCUT2D eigenvalue weighted by molar-refractivity contribution is -0.878. The normalized spacial score (nSPS) is 17.3. The molecule has 0 aliphatic rings. The summed E-state index contributed by atoms with van der Waals surface area (Å²) in [7, 11) is 5.83. The Morgan fingerprint density at radius 2 is 1.60 bits per heavy atom. The molecular formula is C11H24NO3+. The average Bonchev–Trinajstić information content (AvgIpc) is 1.75. The minimum Gasteiger partial charge on any atom is -0.481 e. The molecule has 0 aliphatic carbocycles. The molecule has 4 nitrogen and oxygen atoms in total. The van der Waals surface area contributed by atoms with Crippen LogP contribution in [0.3, 0.4) is 0 Å². The number of nitrogens with zero attached hydrogens (tertiary/aromatic N) is 1. The molecule has 0 saturated heterocycles. The average molecular weight is 218 g/mol. The van der Waals surface area contributed by atoms with Gasteiger partial charge in [0, 0.05) is 0 Å². The van der Waals surface area contributed by atoms with Crippen molar-refractivity contribution in [3.8, 4) is 0 Å². The molecule has 0 spiro atoms. The number of carbonyl (C=O) groups is 1. The van der Waals surface area contributed by atoms with Crippen molar-refractivity contribution in [1.82, 2.24) is 0 Å². The first-order chi connectivity index (χ1) is 6.37. The third-order valence-electron chi connectivity index (χ3n) is 2.58. The highest BCUT2D eigenvalue weighted by Crippen LogP contribution is 2.34. The van der Waals surface area contributed by atoms with Gasteiger partial charge in [-0.1, -0.05) is 20.8 Å². The topological polar surface area (TPSA) is 57.5 Å². The van der Waals surface area contributed by atoms with Gasteiger partial charge in [-0.25, -0.2) is 0 Å². The predicted molar refractivity (Wildman–Crippen MR) is 59.6 cm³/mol. The van der Waals surface area contributed by atoms with E-state index in [0.29, 0.717) is 11.0 Å². The third kappa shape index (κ3) is 4.62. The van der Waals surface area contributed by atoms with Crippen LogP contribution in [0, 0.1) is 5.41 Å². The molecule has 0 fully saturated rings. The number of carboxylic acid groups (broad SMARTS) is 1. The Balaban J connectivity index is 4.96. The first-order valence-electron chi connectivity index (χ1n) is 5.12. The van der Waals surface area contributed by atoms with Crippen molar-refractivity contribution in [3.63, 3.8) is 0 Å². The lowest BCUT2D eigenvalue weighted by Crippen LogP contribution is -2.56. The highest BCUT2D eigenvalue weighted by molar-refractivity contribution is 5.68. The summed E-state index contributed by atoms with van der Waals surface area (Å²) >= 11 is 0. The van der Waals surface area contributed by atoms with E-state index < -0.39 is 17.0 Å². The lowest BCUT2D eigenvalue weighted by atomic mass is 9.74. The smallest absolute Gasteiger partial charge is 0.306 e. The van der Waals surface area contributed by atoms with Crippen molar-refractivity contribution in [1.29, 1.82) is 0 Å². The summed E-state index contributed by atoms with van der Waals surface area (Å²) in [5.74, 6) is -0.958. The molecule has 0 saturated carbocycles. The van der Waals surface area contributed by atoms with Crippen molar-refractivity contribution in [2.24, 2.45) is 5.41 Å². The van der Waals surface area contributed by atoms with E-state index in [9.17, 15) is 9.90 Å². The van der Waals surface area contributed by atoms with Crippen LogP contribution in [-0.2, 0) is 4.79 Å². The summed E-state index contributed by atoms with van der Waals surface area (Å²) in [6, 6.07) is 0. The Morgan fingerprint density at radius 1 is 1.20 bits per heavy atom. The van der Waals surface area contributed by atoms with Gasteiger partial charge in [0.1, 0.15) is 12.1 Å². The molecule has 0 aromatic heterocycles. The molecule has 0 unspecified atom stereocenters. The second-order valence-electron chi connectivity index (χ2n) is 6.30. The predicted octanol–water partition coefficient (Wildman–Crippen LogP) is 0.944. The fourth-order valence-electron chi connectivity index (χ4n) is 1.59. The lowest BCUT2D eigenvalue weighted by Gasteiger charge is -2.43. The number of hydrogen-bond acceptors (Lipinski definition) is 2. The van der Waals surface area contributed by atoms with Gasteiger partial charge in [0.05, 0.1) is 27.6 Å². The Labute approximate surface area is 92.1 Å². The van der Waals surface area contributed by atoms with Crippen LogP contribution in [-0.4, -0.2) is 54.0 Å². The van der Waals surface area contributed by atoms with Gasteiger partial charge in [-0.3, -0.25) is 4.79 Å². The zero-order valence-electron chi connectivity index (χ0n) is 10.7. The van der Waals surface area contributed by atoms with Crippen molar-refractivity contribution in [2.45, 2.75) is 32.8 Å². The molecule has 0 radical (unpaired) electrons. The molecule has 0 rings (SSSR count). The molecule has 1 atom stereocenters. The molecule has 0 aliphatic heterocycles. The van der Waals surface area contributed by atoms with Gasteiger partial charge < -0.3 is 14.7 Å². The van der Waals surface area contributed by atoms with Crippen LogP contribution in [0.15, 0.2) is 0 Å². The standard InChI is InChI=1S/C11H23NO3/c1-10(2,3)11(15,7-9(13)14)8-12(4,5)6/h15H,7-8H2,1-6H3/p+1/t11-/m1/s1. The van der Waals surface area contributed by atoms with E-state index in [2.05, 4.69) is 0 Å². The monoisotopic (exact) mass is 218 g/mol. The number of quaternary nitrogens is 1. The quantitative estimate of drug-likeness (QED) is 0.691. The van der Waals surface area contributed by atoms with Crippen LogP contribution in [0.4, 0.5) is 0 Å². The van der Waals surface area contributed by atoms with Crippen molar-refractivity contribution in [2.75, 3.05) is 27.7 Å². The van der Waals surface area contributed by atoms with Gasteiger partial charge in [0.25, 0.3) is 0 Å². The number of likely N-dealkylation sites (N-methyl/N-ethyl adjacent to an activating group) is 1. The van der Waals surface area contributed by atoms with E-state index in [0.717, 1.165) is 0 Å². The van der Waals surface area contributed by atoms with E-state index >= 15 is 0 Å². The Hall–Kier alpha value is -0.610. The van der Waals surface area contributed by atoms with Crippen LogP contribution in [0.25, 0.3) is 0 Å². The minimum atomic E-state index is -1.18. The zero-order chi connectivity index (χ0) is 12.5. The molecule has 4 heteroatoms. The summed E-state index contributed by atoms with van der Waals surface area (Å²) in [5.41, 5.74) is -1.63. The maximum atomic E-state index is 10.8. The molecule has 15 heavy (non-hydrogen) atoms. The fraction of sp³-hybridized carbons (Fsp3) is 0.909. The Morgan fingerprint density at radius 3 is 1.80 bits per heavy atom. The van der Waals surface area contributed by atoms with Gasteiger partial charge in [-0.05, 0) is 5.41 Å². The van der Waals surface area contributed by atoms with Crippen LogP contribution in [0.1, 0.15) is 27.2 Å². The van der Waals surface area contributed by atoms with Crippen LogP contribution in [0.2, 0.25) is 0 Å². The van der Waals surface area contributed by atoms with E-state index in [1.807, 2.05) is 41.9 Å². The van der Waals surface area contributed by atoms with Gasteiger partial charge in [0.15, 0.2) is 0 Å². The second-order valence-corrected chi connectivity index (χ2v) is 6.30. The minimum absolute atomic E-state index is 0.216. The number of hydrogen-bond donors (Lipinski definition) is 2. The number of aliphatic hydroxyl groups is 1. The molecule has 2 N–H and O–H groups in total. The number of rotatable bonds is 4. The van der Waals surface area contributed by atoms with Crippen molar-refractivity contribution < 1.29 is 19.5 Å². The molecule has 0 aromatic carbocycles. The first-order valence-corrected chi connectivity index (χ1v) is 5.12. The maximum absolute atomic E-state index is 10.8. The van der Waals surface area contributed by atoms with E-state index in [4.69, 9.17) is 5.11 Å². The zero-order valence-corrected chi connectivity index (χ0v) is 10.7. The van der Waals surface area contributed by atoms with E-state index in [-0.39, 0.29) is 6.42 Å². The van der Waals surface area contributed by atoms with Gasteiger partial charge in [-0.15, -0.1) is 0 Å². The molecule has 0 aromatic rings. The summed E-state index contributed by atoms with van der Waals surface area (Å²) in [6.45, 7) is 6.02. The summed E-state index contributed by atoms with van der Waals surface area (Å²) in [5, 5.41) is 19.3. The Kier molecular flexibility index (Phi) is 3.93. The number of aliphatic carboxylic acids is 1. The fourth-order valence-corrected chi connectivity index (χ4v) is 1.59. The first kappa shape index (κ1) is 14.4. The van der Waals surface area contributed by atoms with Crippen LogP contribution in [0.5, 0.6) is 0 Å². The van der Waals surface area contributed by atoms with E-state index in [1.54, 1.807) is 0 Å². The number of carboxylic acids is 1. The molecule has 0 heterocycles. The van der Waals surface area contributed by atoms with Gasteiger partial charge in [-0.2, -0.15) is 0 Å². The summed E-state index contributed by atoms with van der Waals surface area (Å²) < 4.78 is 0.543. The van der Waals surface area contributed by atoms with Crippen LogP contribution >= 0.6 is 0 Å². The summed E-state index contributed by atoms with van der Waals surface area (Å²) in [4.78, 5) is 10.8. The molecule has 0 amide bonds. The van der Waals surface area contributed by atoms with Crippen molar-refractivity contribution >= 4 is 5.97 Å². The van der Waals surface area contributed by atoms with Crippen molar-refractivity contribution in [3.05, 3.63) is 0 Å². The van der Waals surface area contributed by atoms with Crippen LogP contribution < -0.4 is 0 Å². The van der Waals surface area contributed by atoms with Gasteiger partial charge >= 0.3 is 5.97 Å².